The van der Waals surface area contributed by atoms with Crippen LogP contribution in [0.15, 0.2) is 18.2 Å². The van der Waals surface area contributed by atoms with Gasteiger partial charge < -0.3 is 9.64 Å². The fourth-order valence-corrected chi connectivity index (χ4v) is 2.31. The van der Waals surface area contributed by atoms with Gasteiger partial charge in [-0.3, -0.25) is 4.79 Å². The molecular weight excluding hydrogens is 276 g/mol. The summed E-state index contributed by atoms with van der Waals surface area (Å²) in [7, 11) is 0. The first-order valence-corrected chi connectivity index (χ1v) is 6.88. The number of amides is 1. The Hall–Kier alpha value is -1.73. The smallest absolute Gasteiger partial charge is 0.260 e. The minimum Gasteiger partial charge on any atom is -0.482 e. The molecule has 0 unspecified atom stereocenters. The molecule has 0 saturated heterocycles. The fourth-order valence-electron chi connectivity index (χ4n) is 2.07. The molecule has 108 valence electrons. The van der Waals surface area contributed by atoms with E-state index in [1.807, 2.05) is 33.8 Å². The van der Waals surface area contributed by atoms with Gasteiger partial charge in [-0.1, -0.05) is 11.6 Å². The molecule has 0 N–H and O–H groups in total. The molecule has 5 heteroatoms. The molecule has 0 fully saturated rings. The predicted molar refractivity (Wildman–Crippen MR) is 78.8 cm³/mol. The average molecular weight is 295 g/mol. The summed E-state index contributed by atoms with van der Waals surface area (Å²) in [4.78, 5) is 13.9. The van der Waals surface area contributed by atoms with E-state index in [2.05, 4.69) is 0 Å². The lowest BCUT2D eigenvalue weighted by Crippen LogP contribution is -2.44. The maximum absolute atomic E-state index is 12.1. The first kappa shape index (κ1) is 16.3. The summed E-state index contributed by atoms with van der Waals surface area (Å²) in [5.41, 5.74) is 0.458. The summed E-state index contributed by atoms with van der Waals surface area (Å²) in [5.74, 6) is 0.321. The van der Waals surface area contributed by atoms with Crippen molar-refractivity contribution in [3.05, 3.63) is 28.8 Å². The number of rotatable bonds is 5. The van der Waals surface area contributed by atoms with Crippen molar-refractivity contribution in [2.45, 2.75) is 39.8 Å². The summed E-state index contributed by atoms with van der Waals surface area (Å²) in [6.07, 6.45) is 0. The second-order valence-corrected chi connectivity index (χ2v) is 5.44. The number of halogens is 1. The zero-order valence-corrected chi connectivity index (χ0v) is 12.9. The van der Waals surface area contributed by atoms with Crippen LogP contribution in [0.2, 0.25) is 5.02 Å². The van der Waals surface area contributed by atoms with Crippen LogP contribution in [-0.4, -0.2) is 29.5 Å². The van der Waals surface area contributed by atoms with Crippen LogP contribution < -0.4 is 4.74 Å². The van der Waals surface area contributed by atoms with E-state index in [1.54, 1.807) is 17.0 Å². The highest BCUT2D eigenvalue weighted by Crippen LogP contribution is 2.25. The number of nitriles is 1. The minimum absolute atomic E-state index is 0.0675. The van der Waals surface area contributed by atoms with E-state index in [-0.39, 0.29) is 24.6 Å². The van der Waals surface area contributed by atoms with Crippen molar-refractivity contribution in [1.29, 1.82) is 5.26 Å². The van der Waals surface area contributed by atoms with Crippen molar-refractivity contribution in [2.75, 3.05) is 6.61 Å². The Bertz CT molecular complexity index is 513. The highest BCUT2D eigenvalue weighted by atomic mass is 35.5. The highest BCUT2D eigenvalue weighted by Gasteiger charge is 2.20. The van der Waals surface area contributed by atoms with Crippen LogP contribution in [0.25, 0.3) is 0 Å². The SMILES string of the molecule is CC(C)N(C(=O)COc1ccc(C#N)cc1Cl)C(C)C. The molecule has 0 aliphatic heterocycles. The van der Waals surface area contributed by atoms with Gasteiger partial charge in [0.1, 0.15) is 5.75 Å². The van der Waals surface area contributed by atoms with E-state index in [9.17, 15) is 4.79 Å². The van der Waals surface area contributed by atoms with Crippen LogP contribution in [0, 0.1) is 11.3 Å². The molecule has 1 rings (SSSR count). The number of benzene rings is 1. The Morgan fingerprint density at radius 3 is 2.40 bits per heavy atom. The second-order valence-electron chi connectivity index (χ2n) is 5.03. The van der Waals surface area contributed by atoms with Crippen LogP contribution in [0.4, 0.5) is 0 Å². The van der Waals surface area contributed by atoms with E-state index in [4.69, 9.17) is 21.6 Å². The van der Waals surface area contributed by atoms with Gasteiger partial charge in [-0.2, -0.15) is 5.26 Å². The first-order valence-electron chi connectivity index (χ1n) is 6.50. The summed E-state index contributed by atoms with van der Waals surface area (Å²) in [6.45, 7) is 7.79. The molecule has 0 saturated carbocycles. The number of ether oxygens (including phenoxy) is 1. The number of nitrogens with zero attached hydrogens (tertiary/aromatic N) is 2. The lowest BCUT2D eigenvalue weighted by Gasteiger charge is -2.30. The Kier molecular flexibility index (Phi) is 5.84. The van der Waals surface area contributed by atoms with Crippen molar-refractivity contribution in [3.63, 3.8) is 0 Å². The molecular formula is C15H19ClN2O2. The van der Waals surface area contributed by atoms with E-state index < -0.39 is 0 Å². The predicted octanol–water partition coefficient (Wildman–Crippen LogP) is 3.24. The van der Waals surface area contributed by atoms with Gasteiger partial charge in [0, 0.05) is 12.1 Å². The molecule has 1 aromatic carbocycles. The molecule has 0 aliphatic rings. The standard InChI is InChI=1S/C15H19ClN2O2/c1-10(2)18(11(3)4)15(19)9-20-14-6-5-12(8-17)7-13(14)16/h5-7,10-11H,9H2,1-4H3. The Morgan fingerprint density at radius 1 is 1.35 bits per heavy atom. The molecule has 0 spiro atoms. The summed E-state index contributed by atoms with van der Waals surface area (Å²) in [6, 6.07) is 6.94. The van der Waals surface area contributed by atoms with E-state index in [0.717, 1.165) is 0 Å². The Morgan fingerprint density at radius 2 is 1.95 bits per heavy atom. The quantitative estimate of drug-likeness (QED) is 0.838. The molecule has 0 aromatic heterocycles. The van der Waals surface area contributed by atoms with E-state index in [1.165, 1.54) is 6.07 Å². The minimum atomic E-state index is -0.0876. The van der Waals surface area contributed by atoms with Gasteiger partial charge in [-0.05, 0) is 45.9 Å². The molecule has 0 aliphatic carbocycles. The Balaban J connectivity index is 2.72. The van der Waals surface area contributed by atoms with Gasteiger partial charge in [0.15, 0.2) is 6.61 Å². The lowest BCUT2D eigenvalue weighted by atomic mass is 10.2. The molecule has 0 atom stereocenters. The normalized spacial score (nSPS) is 10.5. The second kappa shape index (κ2) is 7.16. The first-order chi connectivity index (χ1) is 9.36. The molecule has 1 aromatic rings. The number of carbonyl (C=O) groups is 1. The maximum Gasteiger partial charge on any atom is 0.260 e. The van der Waals surface area contributed by atoms with Crippen molar-refractivity contribution in [1.82, 2.24) is 4.90 Å². The van der Waals surface area contributed by atoms with Gasteiger partial charge in [0.05, 0.1) is 16.7 Å². The summed E-state index contributed by atoms with van der Waals surface area (Å²) >= 11 is 6.00. The van der Waals surface area contributed by atoms with Crippen molar-refractivity contribution < 1.29 is 9.53 Å². The van der Waals surface area contributed by atoms with Crippen LogP contribution in [0.1, 0.15) is 33.3 Å². The summed E-state index contributed by atoms with van der Waals surface area (Å²) < 4.78 is 5.45. The van der Waals surface area contributed by atoms with Crippen LogP contribution >= 0.6 is 11.6 Å². The van der Waals surface area contributed by atoms with Crippen LogP contribution in [0.3, 0.4) is 0 Å². The van der Waals surface area contributed by atoms with Crippen molar-refractivity contribution >= 4 is 17.5 Å². The van der Waals surface area contributed by atoms with Crippen molar-refractivity contribution in [3.8, 4) is 11.8 Å². The third-order valence-electron chi connectivity index (χ3n) is 2.81. The largest absolute Gasteiger partial charge is 0.482 e. The summed E-state index contributed by atoms with van der Waals surface area (Å²) in [5, 5.41) is 9.09. The lowest BCUT2D eigenvalue weighted by molar-refractivity contribution is -0.136. The van der Waals surface area contributed by atoms with Gasteiger partial charge in [-0.15, -0.1) is 0 Å². The number of hydrogen-bond donors (Lipinski definition) is 0. The van der Waals surface area contributed by atoms with Gasteiger partial charge in [0.2, 0.25) is 0 Å². The Labute approximate surface area is 124 Å². The highest BCUT2D eigenvalue weighted by molar-refractivity contribution is 6.32. The number of carbonyl (C=O) groups excluding carboxylic acids is 1. The van der Waals surface area contributed by atoms with Crippen LogP contribution in [-0.2, 0) is 4.79 Å². The van der Waals surface area contributed by atoms with E-state index in [0.29, 0.717) is 16.3 Å². The number of hydrogen-bond acceptors (Lipinski definition) is 3. The topological polar surface area (TPSA) is 53.3 Å². The molecule has 4 nitrogen and oxygen atoms in total. The zero-order chi connectivity index (χ0) is 15.3. The zero-order valence-electron chi connectivity index (χ0n) is 12.2. The third-order valence-corrected chi connectivity index (χ3v) is 3.11. The van der Waals surface area contributed by atoms with Crippen LogP contribution in [0.5, 0.6) is 5.75 Å². The molecule has 0 heterocycles. The third kappa shape index (κ3) is 4.14. The monoisotopic (exact) mass is 294 g/mol. The maximum atomic E-state index is 12.1. The molecule has 0 radical (unpaired) electrons. The van der Waals surface area contributed by atoms with Gasteiger partial charge >= 0.3 is 0 Å². The molecule has 20 heavy (non-hydrogen) atoms. The van der Waals surface area contributed by atoms with Crippen molar-refractivity contribution in [2.24, 2.45) is 0 Å². The van der Waals surface area contributed by atoms with Gasteiger partial charge in [0.25, 0.3) is 5.91 Å². The molecule has 1 amide bonds. The fraction of sp³-hybridized carbons (Fsp3) is 0.467. The average Bonchev–Trinajstić information content (AvgIpc) is 2.36. The molecule has 0 bridgehead atoms. The van der Waals surface area contributed by atoms with Gasteiger partial charge in [-0.25, -0.2) is 0 Å². The van der Waals surface area contributed by atoms with E-state index >= 15 is 0 Å².